The highest BCUT2D eigenvalue weighted by molar-refractivity contribution is 5.97. The second-order valence-electron chi connectivity index (χ2n) is 10.4. The third-order valence-corrected chi connectivity index (χ3v) is 6.51. The number of phenolic OH excluding ortho intramolecular Hbond substituents is 1. The van der Waals surface area contributed by atoms with Gasteiger partial charge in [0, 0.05) is 36.9 Å². The predicted octanol–water partition coefficient (Wildman–Crippen LogP) is 3.05. The molecule has 43 heavy (non-hydrogen) atoms. The Morgan fingerprint density at radius 1 is 1.02 bits per heavy atom. The number of phenols is 1. The van der Waals surface area contributed by atoms with E-state index in [9.17, 15) is 19.1 Å². The van der Waals surface area contributed by atoms with Gasteiger partial charge < -0.3 is 32.5 Å². The summed E-state index contributed by atoms with van der Waals surface area (Å²) in [4.78, 5) is 30.9. The summed E-state index contributed by atoms with van der Waals surface area (Å²) in [6.07, 6.45) is 1.53. The summed E-state index contributed by atoms with van der Waals surface area (Å²) < 4.78 is 14.6. The molecular formula is C31H35FN8O3. The summed E-state index contributed by atoms with van der Waals surface area (Å²) in [5.41, 5.74) is 15.2. The van der Waals surface area contributed by atoms with Gasteiger partial charge in [0.15, 0.2) is 5.82 Å². The molecule has 0 radical (unpaired) electrons. The maximum Gasteiger partial charge on any atom is 0.294 e. The standard InChI is InChI=1S/C31H35FN8O3/c1-18(2)39-30-31(43)40(17-28(42)37-15-20-5-8-25(29(34)35)27(41)11-20)26(16-38-30)22-9-21(10-24(33)12-22)14-36-13-19-3-6-23(32)7-4-19/h3-12,16,18,36,41H,13-15,17,33H2,1-2H3,(H3,34,35)(H,37,42)(H,38,39). The van der Waals surface area contributed by atoms with Crippen LogP contribution in [0.1, 0.15) is 36.1 Å². The number of aromatic hydroxyl groups is 1. The summed E-state index contributed by atoms with van der Waals surface area (Å²) in [6.45, 7) is 4.51. The van der Waals surface area contributed by atoms with Gasteiger partial charge in [0.05, 0.1) is 17.5 Å². The highest BCUT2D eigenvalue weighted by atomic mass is 19.1. The minimum atomic E-state index is -0.469. The van der Waals surface area contributed by atoms with E-state index >= 15 is 0 Å². The SMILES string of the molecule is CC(C)Nc1ncc(-c2cc(N)cc(CNCc3ccc(F)cc3)c2)n(CC(=O)NCc2ccc(C(=N)N)c(O)c2)c1=O. The fraction of sp³-hybridized carbons (Fsp3) is 0.226. The van der Waals surface area contributed by atoms with E-state index < -0.39 is 11.5 Å². The van der Waals surface area contributed by atoms with Gasteiger partial charge in [-0.3, -0.25) is 19.6 Å². The van der Waals surface area contributed by atoms with Crippen molar-refractivity contribution in [2.24, 2.45) is 5.73 Å². The van der Waals surface area contributed by atoms with E-state index in [-0.39, 0.29) is 47.9 Å². The van der Waals surface area contributed by atoms with Crippen molar-refractivity contribution in [3.8, 4) is 17.0 Å². The number of nitrogens with two attached hydrogens (primary N) is 2. The number of hydrogen-bond acceptors (Lipinski definition) is 8. The van der Waals surface area contributed by atoms with E-state index in [0.717, 1.165) is 11.1 Å². The Morgan fingerprint density at radius 3 is 2.40 bits per heavy atom. The van der Waals surface area contributed by atoms with Gasteiger partial charge in [-0.15, -0.1) is 0 Å². The highest BCUT2D eigenvalue weighted by Crippen LogP contribution is 2.24. The number of anilines is 2. The van der Waals surface area contributed by atoms with E-state index in [1.165, 1.54) is 35.0 Å². The molecule has 0 aliphatic heterocycles. The molecule has 3 aromatic carbocycles. The van der Waals surface area contributed by atoms with Crippen LogP contribution >= 0.6 is 0 Å². The predicted molar refractivity (Wildman–Crippen MR) is 165 cm³/mol. The van der Waals surface area contributed by atoms with Crippen LogP contribution in [-0.2, 0) is 31.0 Å². The monoisotopic (exact) mass is 586 g/mol. The second kappa shape index (κ2) is 13.6. The van der Waals surface area contributed by atoms with Gasteiger partial charge in [0.25, 0.3) is 5.56 Å². The number of amidine groups is 1. The zero-order valence-corrected chi connectivity index (χ0v) is 23.9. The molecule has 1 amide bonds. The van der Waals surface area contributed by atoms with Gasteiger partial charge in [0.1, 0.15) is 23.9 Å². The first-order valence-electron chi connectivity index (χ1n) is 13.6. The quantitative estimate of drug-likeness (QED) is 0.0750. The maximum atomic E-state index is 13.5. The number of carbonyl (C=O) groups excluding carboxylic acids is 1. The molecule has 9 N–H and O–H groups in total. The summed E-state index contributed by atoms with van der Waals surface area (Å²) in [7, 11) is 0. The average Bonchev–Trinajstić information content (AvgIpc) is 2.94. The fourth-order valence-electron chi connectivity index (χ4n) is 4.48. The van der Waals surface area contributed by atoms with Crippen LogP contribution in [0.15, 0.2) is 71.7 Å². The third-order valence-electron chi connectivity index (χ3n) is 6.51. The Kier molecular flexibility index (Phi) is 9.73. The molecule has 0 saturated heterocycles. The van der Waals surface area contributed by atoms with Crippen LogP contribution in [0.2, 0.25) is 0 Å². The number of nitrogen functional groups attached to an aromatic ring is 2. The zero-order chi connectivity index (χ0) is 31.1. The van der Waals surface area contributed by atoms with Crippen LogP contribution < -0.4 is 33.0 Å². The molecule has 0 aliphatic carbocycles. The van der Waals surface area contributed by atoms with Crippen molar-refractivity contribution in [3.05, 3.63) is 105 Å². The molecule has 224 valence electrons. The van der Waals surface area contributed by atoms with Crippen molar-refractivity contribution < 1.29 is 14.3 Å². The first-order chi connectivity index (χ1) is 20.5. The lowest BCUT2D eigenvalue weighted by atomic mass is 10.1. The number of carbonyl (C=O) groups is 1. The van der Waals surface area contributed by atoms with Crippen LogP contribution in [0, 0.1) is 11.2 Å². The van der Waals surface area contributed by atoms with Gasteiger partial charge in [-0.1, -0.05) is 18.2 Å². The lowest BCUT2D eigenvalue weighted by Gasteiger charge is -2.17. The van der Waals surface area contributed by atoms with Crippen LogP contribution in [0.4, 0.5) is 15.9 Å². The number of halogens is 1. The number of hydrogen-bond donors (Lipinski definition) is 7. The van der Waals surface area contributed by atoms with Crippen LogP contribution in [0.3, 0.4) is 0 Å². The molecule has 12 heteroatoms. The van der Waals surface area contributed by atoms with Crippen molar-refractivity contribution in [3.63, 3.8) is 0 Å². The van der Waals surface area contributed by atoms with E-state index in [2.05, 4.69) is 20.9 Å². The molecule has 0 atom stereocenters. The summed E-state index contributed by atoms with van der Waals surface area (Å²) in [5.74, 6) is -1.06. The van der Waals surface area contributed by atoms with Crippen LogP contribution in [0.5, 0.6) is 5.75 Å². The molecular weight excluding hydrogens is 551 g/mol. The largest absolute Gasteiger partial charge is 0.507 e. The van der Waals surface area contributed by atoms with E-state index in [1.54, 1.807) is 24.3 Å². The Bertz CT molecular complexity index is 1690. The van der Waals surface area contributed by atoms with Crippen molar-refractivity contribution >= 4 is 23.2 Å². The van der Waals surface area contributed by atoms with E-state index in [1.807, 2.05) is 26.0 Å². The average molecular weight is 587 g/mol. The summed E-state index contributed by atoms with van der Waals surface area (Å²) >= 11 is 0. The normalized spacial score (nSPS) is 11.0. The minimum Gasteiger partial charge on any atom is -0.507 e. The van der Waals surface area contributed by atoms with Crippen LogP contribution in [0.25, 0.3) is 11.3 Å². The molecule has 0 aliphatic rings. The van der Waals surface area contributed by atoms with E-state index in [0.29, 0.717) is 35.6 Å². The van der Waals surface area contributed by atoms with Gasteiger partial charge in [-0.2, -0.15) is 0 Å². The number of rotatable bonds is 12. The summed E-state index contributed by atoms with van der Waals surface area (Å²) in [5, 5.41) is 26.7. The number of nitrogens with one attached hydrogen (secondary N) is 4. The molecule has 4 rings (SSSR count). The molecule has 11 nitrogen and oxygen atoms in total. The smallest absolute Gasteiger partial charge is 0.294 e. The van der Waals surface area contributed by atoms with Crippen molar-refractivity contribution in [2.75, 3.05) is 11.1 Å². The molecule has 0 spiro atoms. The Balaban J connectivity index is 1.56. The lowest BCUT2D eigenvalue weighted by Crippen LogP contribution is -2.35. The molecule has 0 fully saturated rings. The van der Waals surface area contributed by atoms with Gasteiger partial charge in [-0.25, -0.2) is 9.37 Å². The number of nitrogens with zero attached hydrogens (tertiary/aromatic N) is 2. The van der Waals surface area contributed by atoms with E-state index in [4.69, 9.17) is 16.9 Å². The molecule has 0 bridgehead atoms. The maximum absolute atomic E-state index is 13.5. The Labute approximate surface area is 248 Å². The van der Waals surface area contributed by atoms with Crippen LogP contribution in [-0.4, -0.2) is 32.4 Å². The fourth-order valence-corrected chi connectivity index (χ4v) is 4.48. The number of benzene rings is 3. The first-order valence-corrected chi connectivity index (χ1v) is 13.6. The minimum absolute atomic E-state index is 0.0647. The number of amides is 1. The Hall–Kier alpha value is -5.23. The molecule has 1 aromatic heterocycles. The van der Waals surface area contributed by atoms with Gasteiger partial charge in [-0.05, 0) is 73.0 Å². The first kappa shape index (κ1) is 30.7. The molecule has 4 aromatic rings. The number of aromatic nitrogens is 2. The van der Waals surface area contributed by atoms with Gasteiger partial charge >= 0.3 is 0 Å². The second-order valence-corrected chi connectivity index (χ2v) is 10.4. The lowest BCUT2D eigenvalue weighted by molar-refractivity contribution is -0.121. The van der Waals surface area contributed by atoms with Gasteiger partial charge in [0.2, 0.25) is 5.91 Å². The highest BCUT2D eigenvalue weighted by Gasteiger charge is 2.17. The zero-order valence-electron chi connectivity index (χ0n) is 23.9. The van der Waals surface area contributed by atoms with Crippen molar-refractivity contribution in [2.45, 2.75) is 46.1 Å². The summed E-state index contributed by atoms with van der Waals surface area (Å²) in [6, 6.07) is 16.1. The molecule has 0 saturated carbocycles. The van der Waals surface area contributed by atoms with Crippen molar-refractivity contribution in [1.29, 1.82) is 5.41 Å². The molecule has 0 unspecified atom stereocenters. The van der Waals surface area contributed by atoms with Crippen molar-refractivity contribution in [1.82, 2.24) is 20.2 Å². The third kappa shape index (κ3) is 8.17. The Morgan fingerprint density at radius 2 is 1.72 bits per heavy atom. The topological polar surface area (TPSA) is 184 Å². The molecule has 1 heterocycles.